The molecule has 0 bridgehead atoms. The summed E-state index contributed by atoms with van der Waals surface area (Å²) in [6.45, 7) is 4.77. The van der Waals surface area contributed by atoms with Crippen LogP contribution in [0.1, 0.15) is 26.3 Å². The topological polar surface area (TPSA) is 121 Å². The van der Waals surface area contributed by atoms with E-state index in [-0.39, 0.29) is 23.0 Å². The lowest BCUT2D eigenvalue weighted by molar-refractivity contribution is -0.150. The zero-order valence-electron chi connectivity index (χ0n) is 20.8. The van der Waals surface area contributed by atoms with Gasteiger partial charge in [0.15, 0.2) is 5.82 Å². The first kappa shape index (κ1) is 24.4. The van der Waals surface area contributed by atoms with E-state index in [1.807, 2.05) is 31.4 Å². The van der Waals surface area contributed by atoms with Crippen molar-refractivity contribution in [1.29, 1.82) is 5.26 Å². The number of hydrogen-bond donors (Lipinski definition) is 1. The predicted molar refractivity (Wildman–Crippen MR) is 141 cm³/mol. The summed E-state index contributed by atoms with van der Waals surface area (Å²) < 4.78 is 16.9. The van der Waals surface area contributed by atoms with Crippen LogP contribution >= 0.6 is 0 Å². The quantitative estimate of drug-likeness (QED) is 0.426. The molecule has 1 aliphatic rings. The number of hydrogen-bond acceptors (Lipinski definition) is 6. The number of anilines is 2. The predicted octanol–water partition coefficient (Wildman–Crippen LogP) is -2.20. The van der Waals surface area contributed by atoms with Gasteiger partial charge in [0.25, 0.3) is 5.91 Å². The van der Waals surface area contributed by atoms with Gasteiger partial charge in [0.1, 0.15) is 60.7 Å². The summed E-state index contributed by atoms with van der Waals surface area (Å²) in [6.07, 6.45) is 1.27. The minimum atomic E-state index is -1.22. The average molecular weight is 469 g/mol. The number of rotatable bonds is 2. The van der Waals surface area contributed by atoms with Crippen LogP contribution in [0.2, 0.25) is 0 Å². The Morgan fingerprint density at radius 1 is 1.17 bits per heavy atom. The second-order valence-corrected chi connectivity index (χ2v) is 10.3. The molecule has 0 spiro atoms. The van der Waals surface area contributed by atoms with Gasteiger partial charge in [0, 0.05) is 12.5 Å². The number of nitrogens with zero attached hydrogens (tertiary/aromatic N) is 6. The van der Waals surface area contributed by atoms with Crippen LogP contribution in [-0.4, -0.2) is 78.9 Å². The zero-order valence-corrected chi connectivity index (χ0v) is 20.8. The van der Waals surface area contributed by atoms with Crippen molar-refractivity contribution in [3.8, 4) is 17.3 Å². The molecule has 1 fully saturated rings. The molecule has 0 radical (unpaired) electrons. The molecule has 14 heteroatoms. The normalized spacial score (nSPS) is 18.4. The van der Waals surface area contributed by atoms with Gasteiger partial charge < -0.3 is 15.5 Å². The Balaban J connectivity index is 1.96. The van der Waals surface area contributed by atoms with Crippen LogP contribution < -0.4 is 10.6 Å². The third kappa shape index (κ3) is 3.25. The molecule has 3 aromatic rings. The number of amides is 2. The third-order valence-electron chi connectivity index (χ3n) is 7.40. The molecule has 3 heterocycles. The van der Waals surface area contributed by atoms with Crippen molar-refractivity contribution >= 4 is 60.2 Å². The van der Waals surface area contributed by atoms with Crippen molar-refractivity contribution in [2.45, 2.75) is 37.0 Å². The van der Waals surface area contributed by atoms with Gasteiger partial charge in [-0.1, -0.05) is 0 Å². The number of piperazine rings is 1. The maximum absolute atomic E-state index is 15.4. The number of carbonyl (C=O) groups excluding carboxylic acids is 2. The van der Waals surface area contributed by atoms with Crippen molar-refractivity contribution in [3.63, 3.8) is 0 Å². The third-order valence-corrected chi connectivity index (χ3v) is 7.40. The molecular weight excluding hydrogens is 445 g/mol. The van der Waals surface area contributed by atoms with E-state index in [9.17, 15) is 14.9 Å². The van der Waals surface area contributed by atoms with Crippen LogP contribution in [0.15, 0.2) is 30.6 Å². The van der Waals surface area contributed by atoms with Crippen molar-refractivity contribution in [1.82, 2.24) is 19.5 Å². The fourth-order valence-electron chi connectivity index (χ4n) is 5.27. The van der Waals surface area contributed by atoms with Gasteiger partial charge in [-0.25, -0.2) is 13.9 Å². The van der Waals surface area contributed by atoms with Gasteiger partial charge in [-0.2, -0.15) is 10.4 Å². The number of nitrogen functional groups attached to an aromatic ring is 1. The van der Waals surface area contributed by atoms with Gasteiger partial charge in [-0.3, -0.25) is 9.59 Å². The molecule has 4 rings (SSSR count). The van der Waals surface area contributed by atoms with Gasteiger partial charge in [0.2, 0.25) is 5.91 Å². The number of fused-ring (bicyclic) bond motifs is 1. The van der Waals surface area contributed by atoms with Gasteiger partial charge in [-0.05, 0) is 48.8 Å². The molecule has 1 saturated heterocycles. The van der Waals surface area contributed by atoms with Crippen LogP contribution in [0.3, 0.4) is 0 Å². The molecule has 0 saturated carbocycles. The first-order valence-corrected chi connectivity index (χ1v) is 11.2. The lowest BCUT2D eigenvalue weighted by Gasteiger charge is -2.64. The second kappa shape index (κ2) is 7.63. The van der Waals surface area contributed by atoms with Crippen LogP contribution in [0, 0.1) is 17.1 Å². The number of carbonyl (C=O) groups is 2. The number of nitriles is 1. The fourth-order valence-corrected chi connectivity index (χ4v) is 5.27. The Hall–Kier alpha value is -3.74. The highest BCUT2D eigenvalue weighted by molar-refractivity contribution is 6.58. The average Bonchev–Trinajstić information content (AvgIpc) is 3.13. The molecule has 2 N–H and O–H groups in total. The molecule has 1 aliphatic heterocycles. The summed E-state index contributed by atoms with van der Waals surface area (Å²) in [6, 6.07) is 8.09. The Morgan fingerprint density at radius 3 is 2.43 bits per heavy atom. The fraction of sp³-hybridized carbons (Fsp3) is 0.286. The minimum Gasteiger partial charge on any atom is -0.382 e. The van der Waals surface area contributed by atoms with E-state index in [0.29, 0.717) is 16.8 Å². The van der Waals surface area contributed by atoms with Crippen LogP contribution in [0.5, 0.6) is 0 Å². The van der Waals surface area contributed by atoms with E-state index < -0.39 is 27.9 Å². The van der Waals surface area contributed by atoms with Gasteiger partial charge in [-0.15, -0.1) is 0 Å². The van der Waals surface area contributed by atoms with Crippen LogP contribution in [0.25, 0.3) is 16.8 Å². The summed E-state index contributed by atoms with van der Waals surface area (Å²) in [5.74, 6) is -1.09. The Kier molecular flexibility index (Phi) is 5.32. The lowest BCUT2D eigenvalue weighted by Crippen LogP contribution is -2.85. The molecule has 2 amide bonds. The zero-order chi connectivity index (χ0) is 26.1. The molecule has 174 valence electrons. The standard InChI is InChI=1S/C21H24B4FN7O2/c1-10(34)33-19(2,3)18(35)31(20(22,23)21(33,24)25)15-6-11(4-5-13(15)26)14-7-12(8-27)16-17(28)29-9-30-32(14)16/h4-7,9H,22-25H2,1-3H3,(H2,28,29,30). The molecule has 0 atom stereocenters. The number of benzene rings is 1. The van der Waals surface area contributed by atoms with Crippen molar-refractivity contribution in [2.24, 2.45) is 0 Å². The minimum absolute atomic E-state index is 0.0670. The summed E-state index contributed by atoms with van der Waals surface area (Å²) in [7, 11) is 7.38. The van der Waals surface area contributed by atoms with E-state index in [1.54, 1.807) is 36.9 Å². The summed E-state index contributed by atoms with van der Waals surface area (Å²) in [5, 5.41) is 12.0. The van der Waals surface area contributed by atoms with Gasteiger partial charge >= 0.3 is 0 Å². The number of aromatic nitrogens is 3. The highest BCUT2D eigenvalue weighted by Gasteiger charge is 2.60. The molecule has 0 aliphatic carbocycles. The SMILES string of the molecule is BC1(B)N(c2cc(-c3cc(C#N)c4c(N)ncnn34)ccc2F)C(=O)C(C)(C)N(C(C)=O)C1(B)B. The number of nitrogens with two attached hydrogens (primary N) is 1. The molecule has 0 unspecified atom stereocenters. The maximum Gasteiger partial charge on any atom is 0.251 e. The maximum atomic E-state index is 15.4. The molecule has 1 aromatic carbocycles. The van der Waals surface area contributed by atoms with Gasteiger partial charge in [0.05, 0.1) is 16.9 Å². The number of halogens is 1. The monoisotopic (exact) mass is 469 g/mol. The van der Waals surface area contributed by atoms with Crippen LogP contribution in [0.4, 0.5) is 15.9 Å². The molecular formula is C21H24B4FN7O2. The molecule has 35 heavy (non-hydrogen) atoms. The summed E-state index contributed by atoms with van der Waals surface area (Å²) >= 11 is 0. The van der Waals surface area contributed by atoms with Crippen molar-refractivity contribution in [3.05, 3.63) is 42.0 Å². The lowest BCUT2D eigenvalue weighted by atomic mass is 9.35. The largest absolute Gasteiger partial charge is 0.382 e. The molecule has 2 aromatic heterocycles. The Labute approximate surface area is 206 Å². The van der Waals surface area contributed by atoms with Crippen LogP contribution in [-0.2, 0) is 9.59 Å². The van der Waals surface area contributed by atoms with E-state index in [1.165, 1.54) is 28.7 Å². The Bertz CT molecular complexity index is 1450. The summed E-state index contributed by atoms with van der Waals surface area (Å²) in [4.78, 5) is 33.4. The highest BCUT2D eigenvalue weighted by atomic mass is 19.1. The van der Waals surface area contributed by atoms with E-state index >= 15 is 4.39 Å². The first-order valence-electron chi connectivity index (χ1n) is 11.2. The highest BCUT2D eigenvalue weighted by Crippen LogP contribution is 2.42. The van der Waals surface area contributed by atoms with E-state index in [2.05, 4.69) is 16.2 Å². The van der Waals surface area contributed by atoms with E-state index in [0.717, 1.165) is 0 Å². The smallest absolute Gasteiger partial charge is 0.251 e. The van der Waals surface area contributed by atoms with E-state index in [4.69, 9.17) is 5.73 Å². The molecule has 9 nitrogen and oxygen atoms in total. The second-order valence-electron chi connectivity index (χ2n) is 10.3. The van der Waals surface area contributed by atoms with Crippen molar-refractivity contribution in [2.75, 3.05) is 10.6 Å². The summed E-state index contributed by atoms with van der Waals surface area (Å²) in [5.41, 5.74) is 6.48. The van der Waals surface area contributed by atoms with Crippen molar-refractivity contribution < 1.29 is 14.0 Å². The first-order chi connectivity index (χ1) is 16.2. The Morgan fingerprint density at radius 2 is 1.83 bits per heavy atom.